The van der Waals surface area contributed by atoms with Crippen LogP contribution in [0.5, 0.6) is 0 Å². The van der Waals surface area contributed by atoms with Crippen LogP contribution in [-0.4, -0.2) is 49.1 Å². The third kappa shape index (κ3) is 7.38. The second-order valence-electron chi connectivity index (χ2n) is 5.80. The Morgan fingerprint density at radius 2 is 0.944 bits per heavy atom. The molecule has 0 saturated carbocycles. The van der Waals surface area contributed by atoms with E-state index in [0.717, 1.165) is 0 Å². The van der Waals surface area contributed by atoms with E-state index in [1.54, 1.807) is 0 Å². The van der Waals surface area contributed by atoms with Crippen LogP contribution in [0.1, 0.15) is 65.2 Å². The predicted molar refractivity (Wildman–Crippen MR) is 81.2 cm³/mol. The minimum Gasteiger partial charge on any atom is -0.303 e. The average Bonchev–Trinajstić information content (AvgIpc) is 3.07. The van der Waals surface area contributed by atoms with Crippen molar-refractivity contribution >= 4 is 0 Å². The zero-order chi connectivity index (χ0) is 13.1. The molecule has 2 aliphatic rings. The summed E-state index contributed by atoms with van der Waals surface area (Å²) in [6.07, 6.45) is 11.2. The molecular formula is C16H34N2. The van der Waals surface area contributed by atoms with Crippen LogP contribution in [0.15, 0.2) is 0 Å². The van der Waals surface area contributed by atoms with Crippen LogP contribution in [0, 0.1) is 0 Å². The van der Waals surface area contributed by atoms with E-state index in [2.05, 4.69) is 23.6 Å². The maximum Gasteiger partial charge on any atom is -0.00183 e. The third-order valence-electron chi connectivity index (χ3n) is 4.05. The Morgan fingerprint density at radius 3 is 1.22 bits per heavy atom. The van der Waals surface area contributed by atoms with Crippen molar-refractivity contribution in [3.63, 3.8) is 0 Å². The first-order valence-electron chi connectivity index (χ1n) is 8.31. The van der Waals surface area contributed by atoms with E-state index in [1.807, 2.05) is 0 Å². The first-order chi connectivity index (χ1) is 8.86. The molecule has 0 aliphatic carbocycles. The summed E-state index contributed by atoms with van der Waals surface area (Å²) < 4.78 is 0. The van der Waals surface area contributed by atoms with E-state index >= 15 is 0 Å². The molecule has 0 atom stereocenters. The summed E-state index contributed by atoms with van der Waals surface area (Å²) in [5.41, 5.74) is 0. The summed E-state index contributed by atoms with van der Waals surface area (Å²) in [7, 11) is 0. The van der Waals surface area contributed by atoms with Gasteiger partial charge in [-0.1, -0.05) is 26.7 Å². The fourth-order valence-electron chi connectivity index (χ4n) is 2.78. The van der Waals surface area contributed by atoms with Gasteiger partial charge in [0, 0.05) is 0 Å². The van der Waals surface area contributed by atoms with Crippen LogP contribution in [0.3, 0.4) is 0 Å². The highest BCUT2D eigenvalue weighted by molar-refractivity contribution is 4.65. The van der Waals surface area contributed by atoms with Crippen LogP contribution in [0.4, 0.5) is 0 Å². The molecule has 0 N–H and O–H groups in total. The van der Waals surface area contributed by atoms with Gasteiger partial charge in [0.05, 0.1) is 0 Å². The monoisotopic (exact) mass is 254 g/mol. The molecule has 0 aromatic carbocycles. The Labute approximate surface area is 115 Å². The van der Waals surface area contributed by atoms with E-state index < -0.39 is 0 Å². The number of hydrogen-bond acceptors (Lipinski definition) is 2. The molecule has 2 heteroatoms. The number of hydrogen-bond donors (Lipinski definition) is 0. The molecule has 0 amide bonds. The molecule has 0 bridgehead atoms. The standard InChI is InChI=1S/2C8H17N/c2*1-2-3-6-9-7-4-5-8-9/h2*2-8H2,1H3. The van der Waals surface area contributed by atoms with Crippen LogP contribution < -0.4 is 0 Å². The summed E-state index contributed by atoms with van der Waals surface area (Å²) in [5, 5.41) is 0. The van der Waals surface area contributed by atoms with Gasteiger partial charge in [-0.2, -0.15) is 0 Å². The number of rotatable bonds is 6. The maximum absolute atomic E-state index is 2.57. The van der Waals surface area contributed by atoms with Crippen molar-refractivity contribution in [2.45, 2.75) is 65.2 Å². The van der Waals surface area contributed by atoms with E-state index in [4.69, 9.17) is 0 Å². The smallest absolute Gasteiger partial charge is 0.00183 e. The molecule has 0 aromatic rings. The van der Waals surface area contributed by atoms with E-state index in [0.29, 0.717) is 0 Å². The van der Waals surface area contributed by atoms with Gasteiger partial charge in [0.25, 0.3) is 0 Å². The van der Waals surface area contributed by atoms with Gasteiger partial charge in [-0.15, -0.1) is 0 Å². The Hall–Kier alpha value is -0.0800. The summed E-state index contributed by atoms with van der Waals surface area (Å²) >= 11 is 0. The number of unbranched alkanes of at least 4 members (excludes halogenated alkanes) is 2. The Kier molecular flexibility index (Phi) is 9.59. The van der Waals surface area contributed by atoms with Crippen molar-refractivity contribution in [2.24, 2.45) is 0 Å². The van der Waals surface area contributed by atoms with Gasteiger partial charge >= 0.3 is 0 Å². The van der Waals surface area contributed by atoms with Crippen LogP contribution >= 0.6 is 0 Å². The molecular weight excluding hydrogens is 220 g/mol. The molecule has 0 aromatic heterocycles. The number of nitrogens with zero attached hydrogens (tertiary/aromatic N) is 2. The molecule has 2 fully saturated rings. The maximum atomic E-state index is 2.57. The molecule has 2 heterocycles. The predicted octanol–water partition coefficient (Wildman–Crippen LogP) is 3.76. The highest BCUT2D eigenvalue weighted by atomic mass is 15.1. The molecule has 2 rings (SSSR count). The van der Waals surface area contributed by atoms with Crippen molar-refractivity contribution in [1.82, 2.24) is 9.80 Å². The summed E-state index contributed by atoms with van der Waals surface area (Å²) in [4.78, 5) is 5.15. The fourth-order valence-corrected chi connectivity index (χ4v) is 2.78. The molecule has 108 valence electrons. The third-order valence-corrected chi connectivity index (χ3v) is 4.05. The Bertz CT molecular complexity index is 150. The minimum absolute atomic E-state index is 1.34. The van der Waals surface area contributed by atoms with E-state index in [-0.39, 0.29) is 0 Å². The van der Waals surface area contributed by atoms with Crippen molar-refractivity contribution in [3.8, 4) is 0 Å². The summed E-state index contributed by atoms with van der Waals surface area (Å²) in [5.74, 6) is 0. The lowest BCUT2D eigenvalue weighted by Crippen LogP contribution is -2.19. The van der Waals surface area contributed by atoms with Gasteiger partial charge in [0.1, 0.15) is 0 Å². The van der Waals surface area contributed by atoms with E-state index in [9.17, 15) is 0 Å². The largest absolute Gasteiger partial charge is 0.303 e. The second kappa shape index (κ2) is 10.8. The lowest BCUT2D eigenvalue weighted by atomic mass is 10.3. The topological polar surface area (TPSA) is 6.48 Å². The normalized spacial score (nSPS) is 21.0. The molecule has 0 radical (unpaired) electrons. The van der Waals surface area contributed by atoms with Crippen molar-refractivity contribution in [3.05, 3.63) is 0 Å². The van der Waals surface area contributed by atoms with Crippen molar-refractivity contribution in [2.75, 3.05) is 39.3 Å². The van der Waals surface area contributed by atoms with Gasteiger partial charge in [0.2, 0.25) is 0 Å². The van der Waals surface area contributed by atoms with Gasteiger partial charge in [-0.25, -0.2) is 0 Å². The first kappa shape index (κ1) is 16.0. The van der Waals surface area contributed by atoms with Gasteiger partial charge in [-0.3, -0.25) is 0 Å². The zero-order valence-corrected chi connectivity index (χ0v) is 12.8. The lowest BCUT2D eigenvalue weighted by molar-refractivity contribution is 0.332. The SMILES string of the molecule is CCCCN1CCCC1.CCCCN1CCCC1. The average molecular weight is 254 g/mol. The summed E-state index contributed by atoms with van der Waals surface area (Å²) in [6.45, 7) is 12.7. The van der Waals surface area contributed by atoms with Crippen LogP contribution in [0.25, 0.3) is 0 Å². The molecule has 2 saturated heterocycles. The van der Waals surface area contributed by atoms with Gasteiger partial charge in [-0.05, 0) is 77.8 Å². The quantitative estimate of drug-likeness (QED) is 0.712. The zero-order valence-electron chi connectivity index (χ0n) is 12.8. The van der Waals surface area contributed by atoms with Crippen molar-refractivity contribution < 1.29 is 0 Å². The second-order valence-corrected chi connectivity index (χ2v) is 5.80. The van der Waals surface area contributed by atoms with Crippen molar-refractivity contribution in [1.29, 1.82) is 0 Å². The molecule has 0 spiro atoms. The van der Waals surface area contributed by atoms with Gasteiger partial charge in [0.15, 0.2) is 0 Å². The van der Waals surface area contributed by atoms with Gasteiger partial charge < -0.3 is 9.80 Å². The summed E-state index contributed by atoms with van der Waals surface area (Å²) in [6, 6.07) is 0. The Balaban J connectivity index is 0.000000180. The minimum atomic E-state index is 1.34. The lowest BCUT2D eigenvalue weighted by Gasteiger charge is -2.12. The highest BCUT2D eigenvalue weighted by Gasteiger charge is 2.09. The molecule has 0 unspecified atom stereocenters. The fraction of sp³-hybridized carbons (Fsp3) is 1.00. The first-order valence-corrected chi connectivity index (χ1v) is 8.31. The Morgan fingerprint density at radius 1 is 0.611 bits per heavy atom. The number of likely N-dealkylation sites (tertiary alicyclic amines) is 2. The van der Waals surface area contributed by atoms with Crippen LogP contribution in [0.2, 0.25) is 0 Å². The molecule has 2 aliphatic heterocycles. The van der Waals surface area contributed by atoms with E-state index in [1.165, 1.54) is 90.6 Å². The highest BCUT2D eigenvalue weighted by Crippen LogP contribution is 2.08. The van der Waals surface area contributed by atoms with Crippen LogP contribution in [-0.2, 0) is 0 Å². The molecule has 18 heavy (non-hydrogen) atoms. The molecule has 2 nitrogen and oxygen atoms in total.